The highest BCUT2D eigenvalue weighted by Gasteiger charge is 2.31. The lowest BCUT2D eigenvalue weighted by molar-refractivity contribution is 0.103. The van der Waals surface area contributed by atoms with E-state index in [0.29, 0.717) is 11.8 Å². The number of carbonyl (C=O) groups excluding carboxylic acids is 1. The van der Waals surface area contributed by atoms with Gasteiger partial charge in [-0.2, -0.15) is 0 Å². The van der Waals surface area contributed by atoms with Gasteiger partial charge in [-0.15, -0.1) is 0 Å². The number of fused-ring (bicyclic) bond motifs is 3. The molecule has 0 spiro atoms. The normalized spacial score (nSPS) is 22.0. The number of rotatable bonds is 2. The van der Waals surface area contributed by atoms with Crippen LogP contribution in [0.4, 0.5) is 0 Å². The molecule has 0 unspecified atom stereocenters. The summed E-state index contributed by atoms with van der Waals surface area (Å²) in [6.45, 7) is 0. The van der Waals surface area contributed by atoms with E-state index in [1.54, 1.807) is 0 Å². The van der Waals surface area contributed by atoms with E-state index in [1.165, 1.54) is 11.1 Å². The maximum absolute atomic E-state index is 12.6. The van der Waals surface area contributed by atoms with Crippen molar-refractivity contribution in [2.24, 2.45) is 5.92 Å². The molecule has 2 aromatic rings. The van der Waals surface area contributed by atoms with Gasteiger partial charge in [-0.1, -0.05) is 58.4 Å². The van der Waals surface area contributed by atoms with Gasteiger partial charge >= 0.3 is 0 Å². The molecule has 0 aromatic heterocycles. The van der Waals surface area contributed by atoms with Crippen LogP contribution in [0.15, 0.2) is 76.8 Å². The predicted molar refractivity (Wildman–Crippen MR) is 92.1 cm³/mol. The van der Waals surface area contributed by atoms with Gasteiger partial charge < -0.3 is 0 Å². The fourth-order valence-electron chi connectivity index (χ4n) is 3.48. The molecule has 0 fully saturated rings. The van der Waals surface area contributed by atoms with Crippen LogP contribution in [0.1, 0.15) is 27.4 Å². The third kappa shape index (κ3) is 2.28. The molecule has 1 nitrogen and oxygen atoms in total. The highest BCUT2D eigenvalue weighted by atomic mass is 79.9. The zero-order valence-corrected chi connectivity index (χ0v) is 13.6. The van der Waals surface area contributed by atoms with E-state index in [-0.39, 0.29) is 5.78 Å². The molecule has 0 heterocycles. The summed E-state index contributed by atoms with van der Waals surface area (Å²) in [4.78, 5) is 12.6. The Balaban J connectivity index is 1.63. The Morgan fingerprint density at radius 3 is 2.64 bits per heavy atom. The van der Waals surface area contributed by atoms with Crippen LogP contribution in [-0.4, -0.2) is 5.78 Å². The third-order valence-corrected chi connectivity index (χ3v) is 5.11. The van der Waals surface area contributed by atoms with E-state index in [4.69, 9.17) is 0 Å². The Bertz CT molecular complexity index is 799. The molecule has 0 aliphatic heterocycles. The minimum Gasteiger partial charge on any atom is -0.289 e. The lowest BCUT2D eigenvalue weighted by atomic mass is 9.84. The van der Waals surface area contributed by atoms with Crippen molar-refractivity contribution in [3.63, 3.8) is 0 Å². The van der Waals surface area contributed by atoms with Crippen molar-refractivity contribution in [1.82, 2.24) is 0 Å². The summed E-state index contributed by atoms with van der Waals surface area (Å²) in [5, 5.41) is 0. The van der Waals surface area contributed by atoms with Gasteiger partial charge in [-0.05, 0) is 47.7 Å². The second-order valence-corrected chi connectivity index (χ2v) is 6.83. The molecule has 2 aliphatic rings. The number of allylic oxidation sites excluding steroid dienone is 4. The minimum atomic E-state index is 0.109. The minimum absolute atomic E-state index is 0.109. The molecule has 2 aromatic carbocycles. The standard InChI is InChI=1S/C20H15BrO/c21-17-8-5-13(6-9-17)20(22)15-7-10-19-16(12-15)11-14-3-1-2-4-18(14)19/h1-10,12,16,19H,11H2/t16-,19-/m1/s1. The van der Waals surface area contributed by atoms with Crippen molar-refractivity contribution in [2.45, 2.75) is 12.3 Å². The number of ketones is 1. The molecule has 2 heteroatoms. The second-order valence-electron chi connectivity index (χ2n) is 5.91. The lowest BCUT2D eigenvalue weighted by Crippen LogP contribution is -2.12. The van der Waals surface area contributed by atoms with Gasteiger partial charge in [-0.3, -0.25) is 4.79 Å². The molecule has 2 aliphatic carbocycles. The first-order chi connectivity index (χ1) is 10.7. The van der Waals surface area contributed by atoms with E-state index in [1.807, 2.05) is 30.3 Å². The number of halogens is 1. The summed E-state index contributed by atoms with van der Waals surface area (Å²) in [5.41, 5.74) is 4.38. The average molecular weight is 351 g/mol. The first-order valence-electron chi connectivity index (χ1n) is 7.50. The lowest BCUT2D eigenvalue weighted by Gasteiger charge is -2.19. The number of Topliss-reactive ketones (excluding diaryl/α,β-unsaturated/α-hetero) is 1. The van der Waals surface area contributed by atoms with Crippen molar-refractivity contribution in [3.05, 3.63) is 93.5 Å². The SMILES string of the molecule is O=C(C1=C[C@H]2Cc3ccccc3[C@@H]2C=C1)c1ccc(Br)cc1. The molecular formula is C20H15BrO. The van der Waals surface area contributed by atoms with Crippen molar-refractivity contribution in [2.75, 3.05) is 0 Å². The monoisotopic (exact) mass is 350 g/mol. The molecule has 0 radical (unpaired) electrons. The number of carbonyl (C=O) groups is 1. The first-order valence-corrected chi connectivity index (χ1v) is 8.30. The van der Waals surface area contributed by atoms with Crippen LogP contribution in [0.2, 0.25) is 0 Å². The van der Waals surface area contributed by atoms with Gasteiger partial charge in [0.2, 0.25) is 0 Å². The summed E-state index contributed by atoms with van der Waals surface area (Å²) in [6, 6.07) is 16.2. The Morgan fingerprint density at radius 2 is 1.82 bits per heavy atom. The highest BCUT2D eigenvalue weighted by molar-refractivity contribution is 9.10. The Hall–Kier alpha value is -1.93. The Labute approximate surface area is 138 Å². The van der Waals surface area contributed by atoms with Gasteiger partial charge in [-0.25, -0.2) is 0 Å². The van der Waals surface area contributed by atoms with E-state index < -0.39 is 0 Å². The van der Waals surface area contributed by atoms with Crippen LogP contribution < -0.4 is 0 Å². The Morgan fingerprint density at radius 1 is 1.05 bits per heavy atom. The number of hydrogen-bond acceptors (Lipinski definition) is 1. The van der Waals surface area contributed by atoms with Crippen LogP contribution >= 0.6 is 15.9 Å². The molecule has 0 N–H and O–H groups in total. The quantitative estimate of drug-likeness (QED) is 0.690. The van der Waals surface area contributed by atoms with Crippen molar-refractivity contribution in [3.8, 4) is 0 Å². The summed E-state index contributed by atoms with van der Waals surface area (Å²) in [7, 11) is 0. The predicted octanol–water partition coefficient (Wildman–Crippen LogP) is 5.08. The molecule has 22 heavy (non-hydrogen) atoms. The topological polar surface area (TPSA) is 17.1 Å². The molecule has 0 bridgehead atoms. The maximum atomic E-state index is 12.6. The molecule has 2 atom stereocenters. The number of hydrogen-bond donors (Lipinski definition) is 0. The number of benzene rings is 2. The molecule has 108 valence electrons. The summed E-state index contributed by atoms with van der Waals surface area (Å²) in [5.74, 6) is 0.952. The summed E-state index contributed by atoms with van der Waals surface area (Å²) < 4.78 is 0.989. The molecule has 0 saturated heterocycles. The summed E-state index contributed by atoms with van der Waals surface area (Å²) >= 11 is 3.40. The van der Waals surface area contributed by atoms with Crippen LogP contribution in [0.3, 0.4) is 0 Å². The van der Waals surface area contributed by atoms with Crippen molar-refractivity contribution < 1.29 is 4.79 Å². The van der Waals surface area contributed by atoms with Gasteiger partial charge in [0.25, 0.3) is 0 Å². The first kappa shape index (κ1) is 13.7. The molecule has 0 amide bonds. The average Bonchev–Trinajstić information content (AvgIpc) is 2.92. The second kappa shape index (κ2) is 5.36. The van der Waals surface area contributed by atoms with Gasteiger partial charge in [0.1, 0.15) is 0 Å². The van der Waals surface area contributed by atoms with E-state index >= 15 is 0 Å². The Kier molecular flexibility index (Phi) is 3.34. The largest absolute Gasteiger partial charge is 0.289 e. The molecule has 4 rings (SSSR count). The third-order valence-electron chi connectivity index (χ3n) is 4.58. The highest BCUT2D eigenvalue weighted by Crippen LogP contribution is 2.42. The van der Waals surface area contributed by atoms with Gasteiger partial charge in [0.15, 0.2) is 5.78 Å². The van der Waals surface area contributed by atoms with Crippen LogP contribution in [0.25, 0.3) is 0 Å². The van der Waals surface area contributed by atoms with Gasteiger partial charge in [0.05, 0.1) is 0 Å². The van der Waals surface area contributed by atoms with Crippen molar-refractivity contribution in [1.29, 1.82) is 0 Å². The molecular weight excluding hydrogens is 336 g/mol. The fraction of sp³-hybridized carbons (Fsp3) is 0.150. The van der Waals surface area contributed by atoms with E-state index in [2.05, 4.69) is 52.3 Å². The van der Waals surface area contributed by atoms with E-state index in [0.717, 1.165) is 22.0 Å². The van der Waals surface area contributed by atoms with Crippen LogP contribution in [-0.2, 0) is 6.42 Å². The van der Waals surface area contributed by atoms with Crippen molar-refractivity contribution >= 4 is 21.7 Å². The molecule has 0 saturated carbocycles. The zero-order chi connectivity index (χ0) is 15.1. The smallest absolute Gasteiger partial charge is 0.192 e. The van der Waals surface area contributed by atoms with E-state index in [9.17, 15) is 4.79 Å². The zero-order valence-electron chi connectivity index (χ0n) is 12.0. The fourth-order valence-corrected chi connectivity index (χ4v) is 3.74. The van der Waals surface area contributed by atoms with Crippen LogP contribution in [0.5, 0.6) is 0 Å². The maximum Gasteiger partial charge on any atom is 0.192 e. The van der Waals surface area contributed by atoms with Crippen LogP contribution in [0, 0.1) is 5.92 Å². The van der Waals surface area contributed by atoms with Gasteiger partial charge in [0, 0.05) is 21.5 Å². The summed E-state index contributed by atoms with van der Waals surface area (Å²) in [6.07, 6.45) is 7.38.